The molecule has 0 saturated heterocycles. The summed E-state index contributed by atoms with van der Waals surface area (Å²) in [6, 6.07) is 2.02. The minimum atomic E-state index is 0.0661. The first-order valence-corrected chi connectivity index (χ1v) is 11.1. The molecule has 0 spiro atoms. The first-order valence-electron chi connectivity index (χ1n) is 11.1. The molecule has 0 bridgehead atoms. The second-order valence-electron chi connectivity index (χ2n) is 10.7. The molecule has 0 heterocycles. The highest BCUT2D eigenvalue weighted by Gasteiger charge is 2.60. The third kappa shape index (κ3) is 2.57. The minimum absolute atomic E-state index is 0.0661. The fourth-order valence-electron chi connectivity index (χ4n) is 8.09. The molecule has 0 amide bonds. The van der Waals surface area contributed by atoms with Crippen LogP contribution in [0.5, 0.6) is 11.5 Å². The van der Waals surface area contributed by atoms with Crippen molar-refractivity contribution in [2.75, 3.05) is 14.2 Å². The van der Waals surface area contributed by atoms with Gasteiger partial charge in [0, 0.05) is 5.56 Å². The Morgan fingerprint density at radius 3 is 2.39 bits per heavy atom. The third-order valence-corrected chi connectivity index (χ3v) is 9.07. The van der Waals surface area contributed by atoms with Crippen LogP contribution in [0.15, 0.2) is 6.07 Å². The quantitative estimate of drug-likeness (QED) is 0.730. The zero-order valence-corrected chi connectivity index (χ0v) is 18.7. The number of hydrogen-bond acceptors (Lipinski definition) is 3. The van der Waals surface area contributed by atoms with E-state index in [-0.39, 0.29) is 12.0 Å². The largest absolute Gasteiger partial charge is 0.493 e. The van der Waals surface area contributed by atoms with Gasteiger partial charge < -0.3 is 14.6 Å². The van der Waals surface area contributed by atoms with E-state index in [1.807, 2.05) is 6.07 Å². The van der Waals surface area contributed by atoms with E-state index in [1.165, 1.54) is 49.7 Å². The highest BCUT2D eigenvalue weighted by atomic mass is 16.5. The molecule has 3 aliphatic carbocycles. The van der Waals surface area contributed by atoms with Crippen molar-refractivity contribution in [2.24, 2.45) is 22.7 Å². The first-order chi connectivity index (χ1) is 13.2. The van der Waals surface area contributed by atoms with Crippen molar-refractivity contribution in [1.82, 2.24) is 0 Å². The molecule has 3 heteroatoms. The Hall–Kier alpha value is -1.22. The Morgan fingerprint density at radius 2 is 1.75 bits per heavy atom. The van der Waals surface area contributed by atoms with E-state index in [0.29, 0.717) is 16.7 Å². The Kier molecular flexibility index (Phi) is 4.77. The molecular weight excluding hydrogens is 348 g/mol. The molecule has 0 radical (unpaired) electrons. The van der Waals surface area contributed by atoms with Crippen LogP contribution in [0.2, 0.25) is 0 Å². The van der Waals surface area contributed by atoms with Gasteiger partial charge in [-0.25, -0.2) is 0 Å². The molecule has 1 unspecified atom stereocenters. The Bertz CT molecular complexity index is 768. The van der Waals surface area contributed by atoms with Gasteiger partial charge in [0.25, 0.3) is 0 Å². The van der Waals surface area contributed by atoms with E-state index in [1.54, 1.807) is 14.2 Å². The van der Waals surface area contributed by atoms with E-state index in [2.05, 4.69) is 27.7 Å². The van der Waals surface area contributed by atoms with Gasteiger partial charge in [-0.15, -0.1) is 0 Å². The van der Waals surface area contributed by atoms with Crippen molar-refractivity contribution in [2.45, 2.75) is 84.7 Å². The maximum atomic E-state index is 10.3. The number of methoxy groups -OCH3 is 2. The number of hydrogen-bond donors (Lipinski definition) is 1. The smallest absolute Gasteiger partial charge is 0.164 e. The lowest BCUT2D eigenvalue weighted by atomic mass is 9.40. The van der Waals surface area contributed by atoms with Gasteiger partial charge in [0.15, 0.2) is 11.5 Å². The van der Waals surface area contributed by atoms with Crippen LogP contribution in [0, 0.1) is 22.7 Å². The van der Waals surface area contributed by atoms with Crippen molar-refractivity contribution in [3.63, 3.8) is 0 Å². The standard InChI is InChI=1S/C25H38O3/c1-23(2)11-7-12-24(3)19(23)10-13-25(4)20(24)9-8-17-21(25)16(15-26)14-18(27-5)22(17)28-6/h14,19-20,26H,7-13,15H2,1-6H3/t19?,20-,24+,25-/m1/s1. The summed E-state index contributed by atoms with van der Waals surface area (Å²) in [7, 11) is 3.43. The predicted molar refractivity (Wildman–Crippen MR) is 113 cm³/mol. The number of ether oxygens (including phenoxy) is 2. The average molecular weight is 387 g/mol. The number of benzene rings is 1. The lowest BCUT2D eigenvalue weighted by Gasteiger charge is -2.64. The fraction of sp³-hybridized carbons (Fsp3) is 0.760. The second kappa shape index (κ2) is 6.65. The van der Waals surface area contributed by atoms with Crippen LogP contribution in [0.25, 0.3) is 0 Å². The summed E-state index contributed by atoms with van der Waals surface area (Å²) < 4.78 is 11.4. The lowest BCUT2D eigenvalue weighted by molar-refractivity contribution is -0.110. The molecule has 0 aliphatic heterocycles. The molecule has 4 atom stereocenters. The maximum Gasteiger partial charge on any atom is 0.164 e. The molecule has 1 aromatic carbocycles. The summed E-state index contributed by atoms with van der Waals surface area (Å²) in [6.45, 7) is 10.1. The third-order valence-electron chi connectivity index (χ3n) is 9.07. The number of aliphatic hydroxyl groups is 1. The van der Waals surface area contributed by atoms with E-state index >= 15 is 0 Å². The van der Waals surface area contributed by atoms with Crippen molar-refractivity contribution < 1.29 is 14.6 Å². The summed E-state index contributed by atoms with van der Waals surface area (Å²) in [5.41, 5.74) is 4.60. The van der Waals surface area contributed by atoms with Gasteiger partial charge in [0.05, 0.1) is 20.8 Å². The minimum Gasteiger partial charge on any atom is -0.493 e. The van der Waals surface area contributed by atoms with E-state index < -0.39 is 0 Å². The van der Waals surface area contributed by atoms with Crippen LogP contribution < -0.4 is 9.47 Å². The average Bonchev–Trinajstić information content (AvgIpc) is 2.65. The van der Waals surface area contributed by atoms with Crippen LogP contribution in [-0.2, 0) is 18.4 Å². The molecule has 2 saturated carbocycles. The van der Waals surface area contributed by atoms with Gasteiger partial charge in [-0.2, -0.15) is 0 Å². The Balaban J connectivity index is 1.88. The highest BCUT2D eigenvalue weighted by molar-refractivity contribution is 5.58. The SMILES string of the molecule is COc1cc(CO)c2c(c1OC)CC[C@H]1[C@@]2(C)CCC2C(C)(C)CCC[C@@]21C. The number of fused-ring (bicyclic) bond motifs is 5. The number of aliphatic hydroxyl groups excluding tert-OH is 1. The maximum absolute atomic E-state index is 10.3. The van der Waals surface area contributed by atoms with Gasteiger partial charge in [0.1, 0.15) is 0 Å². The summed E-state index contributed by atoms with van der Waals surface area (Å²) in [5.74, 6) is 3.09. The molecule has 2 fully saturated rings. The van der Waals surface area contributed by atoms with Crippen LogP contribution in [0.3, 0.4) is 0 Å². The molecule has 156 valence electrons. The lowest BCUT2D eigenvalue weighted by Crippen LogP contribution is -2.57. The topological polar surface area (TPSA) is 38.7 Å². The zero-order valence-electron chi connectivity index (χ0n) is 18.7. The van der Waals surface area contributed by atoms with Crippen molar-refractivity contribution in [3.8, 4) is 11.5 Å². The van der Waals surface area contributed by atoms with Gasteiger partial charge in [-0.05, 0) is 83.8 Å². The molecule has 0 aromatic heterocycles. The van der Waals surface area contributed by atoms with Crippen molar-refractivity contribution in [1.29, 1.82) is 0 Å². The fourth-order valence-corrected chi connectivity index (χ4v) is 8.09. The van der Waals surface area contributed by atoms with E-state index in [4.69, 9.17) is 9.47 Å². The summed E-state index contributed by atoms with van der Waals surface area (Å²) in [5, 5.41) is 10.3. The first kappa shape index (κ1) is 20.1. The van der Waals surface area contributed by atoms with E-state index in [9.17, 15) is 5.11 Å². The molecule has 1 N–H and O–H groups in total. The summed E-state index contributed by atoms with van der Waals surface area (Å²) in [6.07, 6.45) is 8.77. The van der Waals surface area contributed by atoms with Crippen LogP contribution in [0.1, 0.15) is 82.9 Å². The molecule has 28 heavy (non-hydrogen) atoms. The Labute approximate surface area is 170 Å². The van der Waals surface area contributed by atoms with Crippen LogP contribution in [-0.4, -0.2) is 19.3 Å². The van der Waals surface area contributed by atoms with Gasteiger partial charge in [-0.1, -0.05) is 34.1 Å². The zero-order chi connectivity index (χ0) is 20.3. The van der Waals surface area contributed by atoms with Crippen LogP contribution >= 0.6 is 0 Å². The van der Waals surface area contributed by atoms with E-state index in [0.717, 1.165) is 29.4 Å². The highest BCUT2D eigenvalue weighted by Crippen LogP contribution is 2.67. The molecule has 4 rings (SSSR count). The molecular formula is C25H38O3. The molecule has 3 nitrogen and oxygen atoms in total. The van der Waals surface area contributed by atoms with Crippen molar-refractivity contribution in [3.05, 3.63) is 22.8 Å². The van der Waals surface area contributed by atoms with Gasteiger partial charge >= 0.3 is 0 Å². The monoisotopic (exact) mass is 386 g/mol. The van der Waals surface area contributed by atoms with Gasteiger partial charge in [-0.3, -0.25) is 0 Å². The van der Waals surface area contributed by atoms with Crippen LogP contribution in [0.4, 0.5) is 0 Å². The molecule has 1 aromatic rings. The normalized spacial score (nSPS) is 36.1. The second-order valence-corrected chi connectivity index (χ2v) is 10.7. The van der Waals surface area contributed by atoms with Crippen molar-refractivity contribution >= 4 is 0 Å². The van der Waals surface area contributed by atoms with Gasteiger partial charge in [0.2, 0.25) is 0 Å². The summed E-state index contributed by atoms with van der Waals surface area (Å²) >= 11 is 0. The predicted octanol–water partition coefficient (Wildman–Crippen LogP) is 5.64. The number of rotatable bonds is 3. The summed E-state index contributed by atoms with van der Waals surface area (Å²) in [4.78, 5) is 0. The molecule has 3 aliphatic rings. The Morgan fingerprint density at radius 1 is 1.00 bits per heavy atom.